The van der Waals surface area contributed by atoms with E-state index < -0.39 is 0 Å². The Morgan fingerprint density at radius 1 is 1.25 bits per heavy atom. The van der Waals surface area contributed by atoms with Crippen molar-refractivity contribution >= 4 is 5.97 Å². The van der Waals surface area contributed by atoms with E-state index in [1.54, 1.807) is 12.2 Å². The van der Waals surface area contributed by atoms with Gasteiger partial charge >= 0.3 is 5.97 Å². The highest BCUT2D eigenvalue weighted by molar-refractivity contribution is 5.86. The summed E-state index contributed by atoms with van der Waals surface area (Å²) in [4.78, 5) is 10.6. The molecule has 0 saturated heterocycles. The molecule has 0 atom stereocenters. The zero-order valence-corrected chi connectivity index (χ0v) is 6.86. The van der Waals surface area contributed by atoms with E-state index in [0.717, 1.165) is 0 Å². The Hall–Kier alpha value is -1.57. The Balaban J connectivity index is 2.49. The van der Waals surface area contributed by atoms with Crippen LogP contribution in [0.1, 0.15) is 6.92 Å². The lowest BCUT2D eigenvalue weighted by Gasteiger charge is -1.90. The highest BCUT2D eigenvalue weighted by atomic mass is 16.5. The van der Waals surface area contributed by atoms with Crippen LogP contribution in [0.4, 0.5) is 0 Å². The van der Waals surface area contributed by atoms with Gasteiger partial charge in [-0.1, -0.05) is 24.3 Å². The molecule has 1 heterocycles. The maximum absolute atomic E-state index is 10.6. The van der Waals surface area contributed by atoms with Crippen LogP contribution in [-0.4, -0.2) is 5.97 Å². The predicted molar refractivity (Wildman–Crippen MR) is 47.3 cm³/mol. The van der Waals surface area contributed by atoms with E-state index in [-0.39, 0.29) is 5.97 Å². The zero-order valence-electron chi connectivity index (χ0n) is 6.86. The second-order valence-electron chi connectivity index (χ2n) is 2.23. The smallest absolute Gasteiger partial charge is 0.336 e. The average Bonchev–Trinajstić information content (AvgIpc) is 2.45. The minimum atomic E-state index is -0.305. The summed E-state index contributed by atoms with van der Waals surface area (Å²) in [5.74, 6) is 0.279. The van der Waals surface area contributed by atoms with E-state index in [1.807, 2.05) is 31.2 Å². The third kappa shape index (κ3) is 2.58. The van der Waals surface area contributed by atoms with E-state index in [9.17, 15) is 4.79 Å². The van der Waals surface area contributed by atoms with E-state index in [4.69, 9.17) is 4.74 Å². The molecule has 1 aliphatic rings. The number of carbonyl (C=O) groups is 1. The summed E-state index contributed by atoms with van der Waals surface area (Å²) in [6.45, 7) is 1.94. The predicted octanol–water partition coefficient (Wildman–Crippen LogP) is 2.12. The highest BCUT2D eigenvalue weighted by Crippen LogP contribution is 2.08. The Kier molecular flexibility index (Phi) is 3.08. The van der Waals surface area contributed by atoms with Crippen LogP contribution in [0.25, 0.3) is 0 Å². The molecule has 0 N–H and O–H groups in total. The third-order valence-corrected chi connectivity index (χ3v) is 1.28. The van der Waals surface area contributed by atoms with E-state index >= 15 is 0 Å². The topological polar surface area (TPSA) is 26.3 Å². The van der Waals surface area contributed by atoms with Crippen molar-refractivity contribution < 1.29 is 9.53 Å². The Bertz CT molecular complexity index is 280. The standard InChI is InChI=1S/C10H10O2/c1-2-3-4-5-6-9-7-8-10(11)12-9/h2-8H,1H3/b3-2+,5-4+,9-6-. The van der Waals surface area contributed by atoms with Gasteiger partial charge in [0.15, 0.2) is 0 Å². The molecule has 0 bridgehead atoms. The number of ether oxygens (including phenoxy) is 1. The minimum Gasteiger partial charge on any atom is -0.423 e. The number of hydrogen-bond acceptors (Lipinski definition) is 2. The van der Waals surface area contributed by atoms with Crippen molar-refractivity contribution in [3.05, 3.63) is 48.3 Å². The summed E-state index contributed by atoms with van der Waals surface area (Å²) in [6.07, 6.45) is 12.3. The number of esters is 1. The first-order valence-electron chi connectivity index (χ1n) is 3.72. The molecule has 0 aliphatic carbocycles. The molecular formula is C10H10O2. The molecule has 1 aliphatic heterocycles. The van der Waals surface area contributed by atoms with Crippen molar-refractivity contribution in [1.29, 1.82) is 0 Å². The van der Waals surface area contributed by atoms with Gasteiger partial charge in [-0.05, 0) is 19.1 Å². The fourth-order valence-corrected chi connectivity index (χ4v) is 0.750. The van der Waals surface area contributed by atoms with Crippen molar-refractivity contribution in [1.82, 2.24) is 0 Å². The molecule has 0 fully saturated rings. The molecule has 12 heavy (non-hydrogen) atoms. The van der Waals surface area contributed by atoms with Crippen LogP contribution >= 0.6 is 0 Å². The monoisotopic (exact) mass is 162 g/mol. The molecule has 0 amide bonds. The van der Waals surface area contributed by atoms with Gasteiger partial charge in [0.25, 0.3) is 0 Å². The minimum absolute atomic E-state index is 0.305. The second-order valence-corrected chi connectivity index (χ2v) is 2.23. The number of hydrogen-bond donors (Lipinski definition) is 0. The third-order valence-electron chi connectivity index (χ3n) is 1.28. The van der Waals surface area contributed by atoms with Gasteiger partial charge in [-0.2, -0.15) is 0 Å². The maximum Gasteiger partial charge on any atom is 0.336 e. The van der Waals surface area contributed by atoms with Crippen LogP contribution in [0.5, 0.6) is 0 Å². The summed E-state index contributed by atoms with van der Waals surface area (Å²) in [5.41, 5.74) is 0. The number of cyclic esters (lactones) is 1. The zero-order chi connectivity index (χ0) is 8.81. The molecule has 1 rings (SSSR count). The van der Waals surface area contributed by atoms with Crippen molar-refractivity contribution in [2.75, 3.05) is 0 Å². The largest absolute Gasteiger partial charge is 0.423 e. The first kappa shape index (κ1) is 8.53. The Labute approximate surface area is 71.5 Å². The van der Waals surface area contributed by atoms with Crippen molar-refractivity contribution in [2.24, 2.45) is 0 Å². The van der Waals surface area contributed by atoms with Gasteiger partial charge in [0.1, 0.15) is 5.76 Å². The van der Waals surface area contributed by atoms with Crippen LogP contribution in [0.15, 0.2) is 48.3 Å². The number of allylic oxidation sites excluding steroid dienone is 6. The molecule has 0 aromatic rings. The van der Waals surface area contributed by atoms with Gasteiger partial charge in [0.05, 0.1) is 0 Å². The van der Waals surface area contributed by atoms with Gasteiger partial charge in [0, 0.05) is 6.08 Å². The van der Waals surface area contributed by atoms with Gasteiger partial charge in [-0.3, -0.25) is 0 Å². The fraction of sp³-hybridized carbons (Fsp3) is 0.100. The summed E-state index contributed by atoms with van der Waals surface area (Å²) < 4.78 is 4.78. The normalized spacial score (nSPS) is 20.1. The first-order chi connectivity index (χ1) is 5.83. The SMILES string of the molecule is C/C=C/C=C/C=C1/C=CC(=O)O1. The van der Waals surface area contributed by atoms with E-state index in [1.165, 1.54) is 6.08 Å². The van der Waals surface area contributed by atoms with Crippen LogP contribution in [-0.2, 0) is 9.53 Å². The van der Waals surface area contributed by atoms with Gasteiger partial charge in [-0.15, -0.1) is 0 Å². The molecule has 2 heteroatoms. The second kappa shape index (κ2) is 4.34. The molecule has 0 unspecified atom stereocenters. The molecule has 0 saturated carbocycles. The molecule has 0 aromatic heterocycles. The molecule has 0 spiro atoms. The summed E-state index contributed by atoms with van der Waals surface area (Å²) in [6, 6.07) is 0. The van der Waals surface area contributed by atoms with Crippen molar-refractivity contribution in [3.63, 3.8) is 0 Å². The summed E-state index contributed by atoms with van der Waals surface area (Å²) in [7, 11) is 0. The van der Waals surface area contributed by atoms with Crippen LogP contribution in [0, 0.1) is 0 Å². The number of carbonyl (C=O) groups excluding carboxylic acids is 1. The summed E-state index contributed by atoms with van der Waals surface area (Å²) in [5, 5.41) is 0. The quantitative estimate of drug-likeness (QED) is 0.459. The lowest BCUT2D eigenvalue weighted by atomic mass is 10.4. The van der Waals surface area contributed by atoms with E-state index in [2.05, 4.69) is 0 Å². The lowest BCUT2D eigenvalue weighted by Crippen LogP contribution is -1.89. The molecule has 62 valence electrons. The highest BCUT2D eigenvalue weighted by Gasteiger charge is 2.06. The number of rotatable bonds is 2. The Morgan fingerprint density at radius 3 is 2.67 bits per heavy atom. The Morgan fingerprint density at radius 2 is 2.08 bits per heavy atom. The van der Waals surface area contributed by atoms with Crippen molar-refractivity contribution in [2.45, 2.75) is 6.92 Å². The van der Waals surface area contributed by atoms with E-state index in [0.29, 0.717) is 5.76 Å². The fourth-order valence-electron chi connectivity index (χ4n) is 0.750. The van der Waals surface area contributed by atoms with Gasteiger partial charge in [-0.25, -0.2) is 4.79 Å². The molecule has 0 aromatic carbocycles. The van der Waals surface area contributed by atoms with Gasteiger partial charge in [0.2, 0.25) is 0 Å². The van der Waals surface area contributed by atoms with Crippen LogP contribution < -0.4 is 0 Å². The first-order valence-corrected chi connectivity index (χ1v) is 3.72. The van der Waals surface area contributed by atoms with Crippen LogP contribution in [0.3, 0.4) is 0 Å². The maximum atomic E-state index is 10.6. The molecule has 2 nitrogen and oxygen atoms in total. The average molecular weight is 162 g/mol. The van der Waals surface area contributed by atoms with Crippen molar-refractivity contribution in [3.8, 4) is 0 Å². The molecular weight excluding hydrogens is 152 g/mol. The lowest BCUT2D eigenvalue weighted by molar-refractivity contribution is -0.132. The molecule has 0 radical (unpaired) electrons. The van der Waals surface area contributed by atoms with Gasteiger partial charge < -0.3 is 4.74 Å². The summed E-state index contributed by atoms with van der Waals surface area (Å²) >= 11 is 0. The van der Waals surface area contributed by atoms with Crippen LogP contribution in [0.2, 0.25) is 0 Å².